The third-order valence-electron chi connectivity index (χ3n) is 4.64. The maximum atomic E-state index is 13.3. The molecule has 1 amide bonds. The van der Waals surface area contributed by atoms with E-state index in [2.05, 4.69) is 4.99 Å². The molecule has 29 heavy (non-hydrogen) atoms. The Kier molecular flexibility index (Phi) is 5.12. The zero-order chi connectivity index (χ0) is 20.2. The van der Waals surface area contributed by atoms with E-state index in [-0.39, 0.29) is 5.91 Å². The number of hydrogen-bond donors (Lipinski definition) is 0. The van der Waals surface area contributed by atoms with Crippen LogP contribution in [-0.4, -0.2) is 26.0 Å². The molecule has 1 aliphatic rings. The molecule has 0 aliphatic carbocycles. The number of carbonyl (C=O) groups is 1. The number of ether oxygens (including phenoxy) is 2. The molecule has 1 aliphatic heterocycles. The van der Waals surface area contributed by atoms with Crippen LogP contribution in [0.25, 0.3) is 6.08 Å². The summed E-state index contributed by atoms with van der Waals surface area (Å²) in [4.78, 5) is 19.6. The fourth-order valence-corrected chi connectivity index (χ4v) is 3.19. The maximum Gasteiger partial charge on any atom is 0.282 e. The summed E-state index contributed by atoms with van der Waals surface area (Å²) in [6.45, 7) is 0. The molecule has 0 aromatic heterocycles. The Morgan fingerprint density at radius 3 is 2.21 bits per heavy atom. The Bertz CT molecular complexity index is 1090. The van der Waals surface area contributed by atoms with E-state index in [4.69, 9.17) is 9.47 Å². The van der Waals surface area contributed by atoms with E-state index in [1.54, 1.807) is 25.2 Å². The van der Waals surface area contributed by atoms with E-state index >= 15 is 0 Å². The van der Waals surface area contributed by atoms with Crippen molar-refractivity contribution in [1.82, 2.24) is 0 Å². The summed E-state index contributed by atoms with van der Waals surface area (Å²) >= 11 is 0. The molecule has 0 saturated carbocycles. The van der Waals surface area contributed by atoms with Gasteiger partial charge >= 0.3 is 0 Å². The van der Waals surface area contributed by atoms with E-state index in [9.17, 15) is 4.79 Å². The zero-order valence-electron chi connectivity index (χ0n) is 16.2. The second-order valence-corrected chi connectivity index (χ2v) is 6.42. The van der Waals surface area contributed by atoms with Crippen molar-refractivity contribution < 1.29 is 14.3 Å². The first-order valence-electron chi connectivity index (χ1n) is 9.18. The third-order valence-corrected chi connectivity index (χ3v) is 4.64. The summed E-state index contributed by atoms with van der Waals surface area (Å²) < 4.78 is 10.7. The van der Waals surface area contributed by atoms with Crippen molar-refractivity contribution in [3.8, 4) is 11.5 Å². The summed E-state index contributed by atoms with van der Waals surface area (Å²) in [5.41, 5.74) is 2.73. The number of rotatable bonds is 5. The minimum atomic E-state index is -0.204. The normalized spacial score (nSPS) is 14.8. The summed E-state index contributed by atoms with van der Waals surface area (Å²) in [6, 6.07) is 24.6. The first-order valence-corrected chi connectivity index (χ1v) is 9.18. The molecule has 0 fully saturated rings. The van der Waals surface area contributed by atoms with Crippen LogP contribution in [0.5, 0.6) is 11.5 Å². The molecule has 0 spiro atoms. The first-order chi connectivity index (χ1) is 14.2. The van der Waals surface area contributed by atoms with Crippen LogP contribution in [0.4, 0.5) is 5.69 Å². The van der Waals surface area contributed by atoms with E-state index in [0.717, 1.165) is 16.9 Å². The van der Waals surface area contributed by atoms with Crippen LogP contribution in [-0.2, 0) is 4.79 Å². The summed E-state index contributed by atoms with van der Waals surface area (Å²) in [5.74, 6) is 1.73. The first kappa shape index (κ1) is 18.5. The van der Waals surface area contributed by atoms with Crippen LogP contribution in [0.3, 0.4) is 0 Å². The molecule has 3 aromatic rings. The Labute approximate surface area is 169 Å². The standard InChI is InChI=1S/C24H20N2O3/c1-28-19-14-12-17(13-15-19)16-20-24(27)26(21-10-6-7-11-22(21)29-2)23(25-20)18-8-4-3-5-9-18/h3-16H,1-2H3/b20-16-. The fourth-order valence-electron chi connectivity index (χ4n) is 3.19. The average molecular weight is 384 g/mol. The van der Waals surface area contributed by atoms with Crippen LogP contribution >= 0.6 is 0 Å². The highest BCUT2D eigenvalue weighted by molar-refractivity contribution is 6.33. The van der Waals surface area contributed by atoms with Gasteiger partial charge in [-0.1, -0.05) is 54.6 Å². The van der Waals surface area contributed by atoms with Crippen molar-refractivity contribution in [3.05, 3.63) is 95.7 Å². The third kappa shape index (κ3) is 3.62. The van der Waals surface area contributed by atoms with Gasteiger partial charge in [0.2, 0.25) is 0 Å². The van der Waals surface area contributed by atoms with Gasteiger partial charge in [-0.15, -0.1) is 0 Å². The van der Waals surface area contributed by atoms with Crippen molar-refractivity contribution in [2.45, 2.75) is 0 Å². The minimum absolute atomic E-state index is 0.204. The number of benzene rings is 3. The molecule has 0 unspecified atom stereocenters. The van der Waals surface area contributed by atoms with Gasteiger partial charge in [0.15, 0.2) is 0 Å². The molecular formula is C24H20N2O3. The lowest BCUT2D eigenvalue weighted by molar-refractivity contribution is -0.113. The molecule has 0 N–H and O–H groups in total. The number of hydrogen-bond acceptors (Lipinski definition) is 4. The fraction of sp³-hybridized carbons (Fsp3) is 0.0833. The molecule has 0 atom stereocenters. The van der Waals surface area contributed by atoms with Gasteiger partial charge in [-0.05, 0) is 35.9 Å². The highest BCUT2D eigenvalue weighted by Crippen LogP contribution is 2.34. The van der Waals surface area contributed by atoms with Crippen LogP contribution in [0.1, 0.15) is 11.1 Å². The van der Waals surface area contributed by atoms with Gasteiger partial charge in [-0.25, -0.2) is 4.99 Å². The van der Waals surface area contributed by atoms with E-state index in [1.165, 1.54) is 0 Å². The van der Waals surface area contributed by atoms with Crippen molar-refractivity contribution in [1.29, 1.82) is 0 Å². The van der Waals surface area contributed by atoms with Gasteiger partial charge in [0, 0.05) is 5.56 Å². The maximum absolute atomic E-state index is 13.3. The number of aliphatic imine (C=N–C) groups is 1. The Hall–Kier alpha value is -3.86. The zero-order valence-corrected chi connectivity index (χ0v) is 16.2. The largest absolute Gasteiger partial charge is 0.497 e. The molecule has 0 radical (unpaired) electrons. The monoisotopic (exact) mass is 384 g/mol. The Balaban J connectivity index is 1.81. The lowest BCUT2D eigenvalue weighted by Crippen LogP contribution is -2.33. The number of amidine groups is 1. The molecule has 5 nitrogen and oxygen atoms in total. The predicted molar refractivity (Wildman–Crippen MR) is 114 cm³/mol. The van der Waals surface area contributed by atoms with E-state index < -0.39 is 0 Å². The van der Waals surface area contributed by atoms with E-state index in [1.807, 2.05) is 78.9 Å². The van der Waals surface area contributed by atoms with Gasteiger partial charge in [0.25, 0.3) is 5.91 Å². The molecule has 144 valence electrons. The number of carbonyl (C=O) groups excluding carboxylic acids is 1. The molecule has 0 saturated heterocycles. The Morgan fingerprint density at radius 1 is 0.828 bits per heavy atom. The highest BCUT2D eigenvalue weighted by atomic mass is 16.5. The summed E-state index contributed by atoms with van der Waals surface area (Å²) in [6.07, 6.45) is 1.78. The van der Waals surface area contributed by atoms with Crippen molar-refractivity contribution >= 4 is 23.5 Å². The van der Waals surface area contributed by atoms with Crippen LogP contribution in [0, 0.1) is 0 Å². The summed E-state index contributed by atoms with van der Waals surface area (Å²) in [7, 11) is 3.21. The van der Waals surface area contributed by atoms with Gasteiger partial charge in [-0.2, -0.15) is 0 Å². The van der Waals surface area contributed by atoms with Gasteiger partial charge in [0.05, 0.1) is 19.9 Å². The number of nitrogens with zero attached hydrogens (tertiary/aromatic N) is 2. The second-order valence-electron chi connectivity index (χ2n) is 6.42. The highest BCUT2D eigenvalue weighted by Gasteiger charge is 2.34. The lowest BCUT2D eigenvalue weighted by atomic mass is 10.1. The lowest BCUT2D eigenvalue weighted by Gasteiger charge is -2.20. The van der Waals surface area contributed by atoms with Crippen molar-refractivity contribution in [2.24, 2.45) is 4.99 Å². The molecule has 1 heterocycles. The molecule has 5 heteroatoms. The molecule has 3 aromatic carbocycles. The topological polar surface area (TPSA) is 51.1 Å². The predicted octanol–water partition coefficient (Wildman–Crippen LogP) is 4.54. The van der Waals surface area contributed by atoms with Gasteiger partial charge in [0.1, 0.15) is 23.0 Å². The van der Waals surface area contributed by atoms with Crippen LogP contribution in [0.15, 0.2) is 89.6 Å². The summed E-state index contributed by atoms with van der Waals surface area (Å²) in [5, 5.41) is 0. The quantitative estimate of drug-likeness (QED) is 0.607. The van der Waals surface area contributed by atoms with Crippen molar-refractivity contribution in [3.63, 3.8) is 0 Å². The average Bonchev–Trinajstić information content (AvgIpc) is 3.10. The number of para-hydroxylation sites is 2. The van der Waals surface area contributed by atoms with Crippen LogP contribution < -0.4 is 14.4 Å². The number of amides is 1. The Morgan fingerprint density at radius 2 is 1.52 bits per heavy atom. The van der Waals surface area contributed by atoms with Crippen molar-refractivity contribution in [2.75, 3.05) is 19.1 Å². The van der Waals surface area contributed by atoms with Gasteiger partial charge in [-0.3, -0.25) is 9.69 Å². The smallest absolute Gasteiger partial charge is 0.282 e. The van der Waals surface area contributed by atoms with Crippen LogP contribution in [0.2, 0.25) is 0 Å². The molecule has 0 bridgehead atoms. The molecule has 4 rings (SSSR count). The number of methoxy groups -OCH3 is 2. The SMILES string of the molecule is COc1ccc(/C=C2\N=C(c3ccccc3)N(c3ccccc3OC)C2=O)cc1. The second kappa shape index (κ2) is 8.02. The minimum Gasteiger partial charge on any atom is -0.497 e. The van der Waals surface area contributed by atoms with Gasteiger partial charge < -0.3 is 9.47 Å². The molecular weight excluding hydrogens is 364 g/mol. The van der Waals surface area contributed by atoms with E-state index in [0.29, 0.717) is 23.0 Å². The number of anilines is 1.